The lowest BCUT2D eigenvalue weighted by molar-refractivity contribution is 0.0114. The van der Waals surface area contributed by atoms with E-state index in [0.717, 1.165) is 5.69 Å². The second-order valence-electron chi connectivity index (χ2n) is 4.38. The number of carbonyl (C=O) groups is 1. The standard InChI is InChI=1S/C14H17N3O3/c1-10(9-19-2)20-14(18)12-7-8-17(16-12)13-6-4-3-5-11(13)15/h3-8,10H,9,15H2,1-2H3. The Kier molecular flexibility index (Phi) is 4.37. The average molecular weight is 275 g/mol. The molecule has 0 amide bonds. The maximum atomic E-state index is 11.9. The molecule has 0 aliphatic heterocycles. The molecule has 1 aromatic carbocycles. The zero-order valence-corrected chi connectivity index (χ0v) is 11.4. The lowest BCUT2D eigenvalue weighted by Crippen LogP contribution is -2.20. The normalized spacial score (nSPS) is 12.1. The highest BCUT2D eigenvalue weighted by molar-refractivity contribution is 5.87. The summed E-state index contributed by atoms with van der Waals surface area (Å²) in [5.41, 5.74) is 7.40. The van der Waals surface area contributed by atoms with Crippen LogP contribution in [0.3, 0.4) is 0 Å². The van der Waals surface area contributed by atoms with Crippen molar-refractivity contribution >= 4 is 11.7 Å². The molecule has 0 spiro atoms. The minimum atomic E-state index is -0.484. The Bertz CT molecular complexity index is 595. The van der Waals surface area contributed by atoms with E-state index in [1.165, 1.54) is 0 Å². The molecule has 1 unspecified atom stereocenters. The van der Waals surface area contributed by atoms with Crippen LogP contribution in [-0.2, 0) is 9.47 Å². The first-order valence-electron chi connectivity index (χ1n) is 6.22. The van der Waals surface area contributed by atoms with E-state index in [4.69, 9.17) is 15.2 Å². The second kappa shape index (κ2) is 6.21. The molecule has 0 bridgehead atoms. The topological polar surface area (TPSA) is 79.4 Å². The number of esters is 1. The third-order valence-electron chi connectivity index (χ3n) is 2.69. The van der Waals surface area contributed by atoms with E-state index in [1.807, 2.05) is 18.2 Å². The van der Waals surface area contributed by atoms with Gasteiger partial charge >= 0.3 is 5.97 Å². The Morgan fingerprint density at radius 2 is 2.15 bits per heavy atom. The largest absolute Gasteiger partial charge is 0.455 e. The van der Waals surface area contributed by atoms with E-state index in [1.54, 1.807) is 37.0 Å². The number of nitrogen functional groups attached to an aromatic ring is 1. The highest BCUT2D eigenvalue weighted by Gasteiger charge is 2.15. The van der Waals surface area contributed by atoms with Gasteiger partial charge in [0.1, 0.15) is 6.10 Å². The number of rotatable bonds is 5. The number of para-hydroxylation sites is 2. The molecule has 1 heterocycles. The van der Waals surface area contributed by atoms with Crippen LogP contribution in [0.2, 0.25) is 0 Å². The first-order valence-corrected chi connectivity index (χ1v) is 6.22. The molecule has 1 aromatic heterocycles. The number of nitrogens with two attached hydrogens (primary N) is 1. The molecule has 0 radical (unpaired) electrons. The van der Waals surface area contributed by atoms with Crippen molar-refractivity contribution in [3.8, 4) is 5.69 Å². The lowest BCUT2D eigenvalue weighted by atomic mass is 10.3. The van der Waals surface area contributed by atoms with E-state index in [9.17, 15) is 4.79 Å². The summed E-state index contributed by atoms with van der Waals surface area (Å²) < 4.78 is 11.6. The van der Waals surface area contributed by atoms with Crippen LogP contribution in [0.25, 0.3) is 5.69 Å². The van der Waals surface area contributed by atoms with Crippen molar-refractivity contribution in [2.24, 2.45) is 0 Å². The lowest BCUT2D eigenvalue weighted by Gasteiger charge is -2.10. The summed E-state index contributed by atoms with van der Waals surface area (Å²) in [5.74, 6) is -0.484. The van der Waals surface area contributed by atoms with E-state index < -0.39 is 5.97 Å². The molecule has 106 valence electrons. The van der Waals surface area contributed by atoms with Crippen LogP contribution in [0.15, 0.2) is 36.5 Å². The zero-order valence-electron chi connectivity index (χ0n) is 11.4. The molecule has 0 fully saturated rings. The van der Waals surface area contributed by atoms with Crippen molar-refractivity contribution in [3.05, 3.63) is 42.2 Å². The highest BCUT2D eigenvalue weighted by atomic mass is 16.6. The summed E-state index contributed by atoms with van der Waals surface area (Å²) in [6, 6.07) is 8.88. The van der Waals surface area contributed by atoms with Crippen LogP contribution >= 0.6 is 0 Å². The van der Waals surface area contributed by atoms with E-state index in [2.05, 4.69) is 5.10 Å². The van der Waals surface area contributed by atoms with Crippen molar-refractivity contribution < 1.29 is 14.3 Å². The monoisotopic (exact) mass is 275 g/mol. The van der Waals surface area contributed by atoms with Crippen LogP contribution in [0.5, 0.6) is 0 Å². The first-order chi connectivity index (χ1) is 9.61. The number of benzene rings is 1. The summed E-state index contributed by atoms with van der Waals surface area (Å²) in [6.07, 6.45) is 1.35. The van der Waals surface area contributed by atoms with Crippen molar-refractivity contribution in [2.45, 2.75) is 13.0 Å². The van der Waals surface area contributed by atoms with Crippen LogP contribution < -0.4 is 5.73 Å². The van der Waals surface area contributed by atoms with E-state index in [0.29, 0.717) is 12.3 Å². The van der Waals surface area contributed by atoms with Crippen molar-refractivity contribution in [1.29, 1.82) is 0 Å². The minimum Gasteiger partial charge on any atom is -0.455 e. The van der Waals surface area contributed by atoms with Gasteiger partial charge in [-0.1, -0.05) is 12.1 Å². The second-order valence-corrected chi connectivity index (χ2v) is 4.38. The van der Waals surface area contributed by atoms with E-state index >= 15 is 0 Å². The quantitative estimate of drug-likeness (QED) is 0.663. The van der Waals surface area contributed by atoms with Gasteiger partial charge in [0, 0.05) is 13.3 Å². The van der Waals surface area contributed by atoms with Gasteiger partial charge in [0.05, 0.1) is 18.0 Å². The fourth-order valence-electron chi connectivity index (χ4n) is 1.77. The van der Waals surface area contributed by atoms with Gasteiger partial charge in [-0.25, -0.2) is 9.48 Å². The third kappa shape index (κ3) is 3.16. The van der Waals surface area contributed by atoms with Crippen LogP contribution in [0.4, 0.5) is 5.69 Å². The molecule has 2 rings (SSSR count). The van der Waals surface area contributed by atoms with Crippen LogP contribution in [-0.4, -0.2) is 35.6 Å². The van der Waals surface area contributed by atoms with Crippen LogP contribution in [0.1, 0.15) is 17.4 Å². The SMILES string of the molecule is COCC(C)OC(=O)c1ccn(-c2ccccc2N)n1. The summed E-state index contributed by atoms with van der Waals surface area (Å²) in [5, 5.41) is 4.18. The zero-order chi connectivity index (χ0) is 14.5. The molecule has 6 nitrogen and oxygen atoms in total. The molecular formula is C14H17N3O3. The minimum absolute atomic E-state index is 0.233. The Labute approximate surface area is 117 Å². The van der Waals surface area contributed by atoms with Crippen LogP contribution in [0, 0.1) is 0 Å². The summed E-state index contributed by atoms with van der Waals surface area (Å²) in [4.78, 5) is 11.9. The Balaban J connectivity index is 2.13. The number of nitrogens with zero attached hydrogens (tertiary/aromatic N) is 2. The predicted octanol–water partition coefficient (Wildman–Crippen LogP) is 1.65. The van der Waals surface area contributed by atoms with Gasteiger partial charge < -0.3 is 15.2 Å². The van der Waals surface area contributed by atoms with Gasteiger partial charge in [-0.05, 0) is 25.1 Å². The molecule has 0 aliphatic carbocycles. The molecule has 0 saturated heterocycles. The molecule has 0 saturated carbocycles. The molecular weight excluding hydrogens is 258 g/mol. The molecule has 20 heavy (non-hydrogen) atoms. The van der Waals surface area contributed by atoms with Gasteiger partial charge in [0.2, 0.25) is 0 Å². The summed E-state index contributed by atoms with van der Waals surface area (Å²) in [7, 11) is 1.55. The number of anilines is 1. The summed E-state index contributed by atoms with van der Waals surface area (Å²) >= 11 is 0. The van der Waals surface area contributed by atoms with Crippen molar-refractivity contribution in [2.75, 3.05) is 19.5 Å². The first kappa shape index (κ1) is 14.1. The molecule has 2 aromatic rings. The molecule has 6 heteroatoms. The number of hydrogen-bond acceptors (Lipinski definition) is 5. The molecule has 0 aliphatic rings. The fourth-order valence-corrected chi connectivity index (χ4v) is 1.77. The third-order valence-corrected chi connectivity index (χ3v) is 2.69. The molecule has 1 atom stereocenters. The average Bonchev–Trinajstić information content (AvgIpc) is 2.89. The Hall–Kier alpha value is -2.34. The Morgan fingerprint density at radius 3 is 2.85 bits per heavy atom. The van der Waals surface area contributed by atoms with Gasteiger partial charge in [0.15, 0.2) is 5.69 Å². The molecule has 2 N–H and O–H groups in total. The number of hydrogen-bond donors (Lipinski definition) is 1. The highest BCUT2D eigenvalue weighted by Crippen LogP contribution is 2.16. The number of aromatic nitrogens is 2. The maximum absolute atomic E-state index is 11.9. The number of carbonyl (C=O) groups excluding carboxylic acids is 1. The Morgan fingerprint density at radius 1 is 1.40 bits per heavy atom. The smallest absolute Gasteiger partial charge is 0.359 e. The van der Waals surface area contributed by atoms with Gasteiger partial charge in [-0.15, -0.1) is 0 Å². The van der Waals surface area contributed by atoms with Crippen molar-refractivity contribution in [3.63, 3.8) is 0 Å². The maximum Gasteiger partial charge on any atom is 0.359 e. The number of ether oxygens (including phenoxy) is 2. The summed E-state index contributed by atoms with van der Waals surface area (Å²) in [6.45, 7) is 2.10. The van der Waals surface area contributed by atoms with Gasteiger partial charge in [-0.3, -0.25) is 0 Å². The van der Waals surface area contributed by atoms with Gasteiger partial charge in [-0.2, -0.15) is 5.10 Å². The fraction of sp³-hybridized carbons (Fsp3) is 0.286. The van der Waals surface area contributed by atoms with Gasteiger partial charge in [0.25, 0.3) is 0 Å². The van der Waals surface area contributed by atoms with E-state index in [-0.39, 0.29) is 11.8 Å². The van der Waals surface area contributed by atoms with Crippen molar-refractivity contribution in [1.82, 2.24) is 9.78 Å². The number of methoxy groups -OCH3 is 1. The predicted molar refractivity (Wildman–Crippen MR) is 74.7 cm³/mol.